The minimum Gasteiger partial charge on any atom is -0.452 e. The van der Waals surface area contributed by atoms with Gasteiger partial charge in [0, 0.05) is 41.9 Å². The third kappa shape index (κ3) is 2.88. The van der Waals surface area contributed by atoms with Crippen molar-refractivity contribution >= 4 is 75.4 Å². The normalized spacial score (nSPS) is 12.1. The van der Waals surface area contributed by atoms with Crippen molar-refractivity contribution in [2.75, 3.05) is 0 Å². The largest absolute Gasteiger partial charge is 0.452 e. The number of aromatic nitrogens is 3. The fourth-order valence-corrected chi connectivity index (χ4v) is 7.07. The lowest BCUT2D eigenvalue weighted by Crippen LogP contribution is -2.02. The number of benzene rings is 5. The van der Waals surface area contributed by atoms with Crippen LogP contribution in [0.4, 0.5) is 0 Å². The van der Waals surface area contributed by atoms with Crippen LogP contribution in [0.3, 0.4) is 0 Å². The first-order valence-electron chi connectivity index (χ1n) is 12.9. The van der Waals surface area contributed by atoms with Gasteiger partial charge in [-0.2, -0.15) is 0 Å². The molecule has 0 fully saturated rings. The maximum atomic E-state index is 6.35. The number of para-hydroxylation sites is 2. The molecule has 0 saturated heterocycles. The second-order valence-electron chi connectivity index (χ2n) is 9.80. The number of hydrogen-bond donors (Lipinski definition) is 0. The van der Waals surface area contributed by atoms with E-state index in [-0.39, 0.29) is 0 Å². The zero-order valence-electron chi connectivity index (χ0n) is 20.6. The van der Waals surface area contributed by atoms with E-state index in [1.165, 1.54) is 30.9 Å². The van der Waals surface area contributed by atoms with Gasteiger partial charge in [0.2, 0.25) is 5.95 Å². The highest BCUT2D eigenvalue weighted by Crippen LogP contribution is 2.43. The van der Waals surface area contributed by atoms with Gasteiger partial charge in [-0.3, -0.25) is 4.57 Å². The molecule has 0 saturated carbocycles. The molecule has 4 heterocycles. The molecular formula is C34H19N3OS. The fraction of sp³-hybridized carbons (Fsp3) is 0. The predicted octanol–water partition coefficient (Wildman–Crippen LogP) is 9.51. The summed E-state index contributed by atoms with van der Waals surface area (Å²) >= 11 is 1.84. The first-order valence-corrected chi connectivity index (χ1v) is 13.8. The van der Waals surface area contributed by atoms with Gasteiger partial charge in [0.25, 0.3) is 0 Å². The van der Waals surface area contributed by atoms with Crippen LogP contribution in [0.15, 0.2) is 120 Å². The van der Waals surface area contributed by atoms with E-state index in [0.29, 0.717) is 11.5 Å². The van der Waals surface area contributed by atoms with E-state index in [4.69, 9.17) is 14.4 Å². The Hall–Kier alpha value is -5.00. The summed E-state index contributed by atoms with van der Waals surface area (Å²) in [5, 5.41) is 6.00. The van der Waals surface area contributed by atoms with E-state index >= 15 is 0 Å². The molecule has 9 rings (SSSR count). The Labute approximate surface area is 226 Å². The van der Waals surface area contributed by atoms with Crippen molar-refractivity contribution in [2.45, 2.75) is 0 Å². The van der Waals surface area contributed by atoms with Crippen molar-refractivity contribution in [3.05, 3.63) is 115 Å². The molecule has 5 aromatic carbocycles. The molecule has 39 heavy (non-hydrogen) atoms. The van der Waals surface area contributed by atoms with Crippen LogP contribution < -0.4 is 0 Å². The summed E-state index contributed by atoms with van der Waals surface area (Å²) in [7, 11) is 0. The summed E-state index contributed by atoms with van der Waals surface area (Å²) in [5.74, 6) is 0.637. The highest BCUT2D eigenvalue weighted by Gasteiger charge is 2.22. The van der Waals surface area contributed by atoms with Gasteiger partial charge in [-0.15, -0.1) is 11.3 Å². The Morgan fingerprint density at radius 1 is 0.564 bits per heavy atom. The minimum absolute atomic E-state index is 0.637. The average Bonchev–Trinajstić information content (AvgIpc) is 3.66. The van der Waals surface area contributed by atoms with Crippen LogP contribution >= 0.6 is 11.3 Å². The van der Waals surface area contributed by atoms with Gasteiger partial charge in [0.15, 0.2) is 5.58 Å². The van der Waals surface area contributed by atoms with Crippen molar-refractivity contribution in [1.82, 2.24) is 14.5 Å². The molecule has 4 aromatic heterocycles. The Bertz CT molecular complexity index is 2400. The molecular weight excluding hydrogens is 498 g/mol. The number of nitrogens with zero attached hydrogens (tertiary/aromatic N) is 3. The molecule has 4 nitrogen and oxygen atoms in total. The van der Waals surface area contributed by atoms with Gasteiger partial charge < -0.3 is 4.42 Å². The van der Waals surface area contributed by atoms with Crippen LogP contribution in [0.5, 0.6) is 0 Å². The SMILES string of the molecule is c1ccc(-c2nc(-n3c4ccccc4c4c5c(ccc43)sc3ccccc35)nc3c2oc2ccccc23)cc1. The number of fused-ring (bicyclic) bond motifs is 10. The van der Waals surface area contributed by atoms with Crippen LogP contribution in [0.2, 0.25) is 0 Å². The van der Waals surface area contributed by atoms with Gasteiger partial charge in [-0.25, -0.2) is 9.97 Å². The molecule has 9 aromatic rings. The standard InChI is InChI=1S/C34H19N3OS/c1-2-10-20(11-3-1)31-33-32(22-13-5-8-16-26(22)38-33)36-34(35-31)37-24-15-7-4-12-21(24)29-25(37)18-19-28-30(29)23-14-6-9-17-27(23)39-28/h1-19H. The molecule has 0 aliphatic heterocycles. The molecule has 0 aliphatic rings. The summed E-state index contributed by atoms with van der Waals surface area (Å²) in [6.07, 6.45) is 0. The van der Waals surface area contributed by atoms with Crippen LogP contribution in [0.25, 0.3) is 81.3 Å². The second-order valence-corrected chi connectivity index (χ2v) is 10.9. The van der Waals surface area contributed by atoms with Crippen molar-refractivity contribution in [3.63, 3.8) is 0 Å². The number of hydrogen-bond acceptors (Lipinski definition) is 4. The van der Waals surface area contributed by atoms with E-state index in [1.54, 1.807) is 0 Å². The van der Waals surface area contributed by atoms with Crippen LogP contribution in [0.1, 0.15) is 0 Å². The van der Waals surface area contributed by atoms with Crippen LogP contribution in [-0.2, 0) is 0 Å². The second kappa shape index (κ2) is 7.76. The Kier molecular flexibility index (Phi) is 4.18. The summed E-state index contributed by atoms with van der Waals surface area (Å²) in [4.78, 5) is 10.4. The highest BCUT2D eigenvalue weighted by atomic mass is 32.1. The molecule has 0 unspecified atom stereocenters. The van der Waals surface area contributed by atoms with Gasteiger partial charge in [0.1, 0.15) is 16.8 Å². The molecule has 182 valence electrons. The van der Waals surface area contributed by atoms with E-state index < -0.39 is 0 Å². The third-order valence-corrected chi connectivity index (χ3v) is 8.77. The van der Waals surface area contributed by atoms with Gasteiger partial charge >= 0.3 is 0 Å². The van der Waals surface area contributed by atoms with E-state index in [9.17, 15) is 0 Å². The number of thiophene rings is 1. The molecule has 0 atom stereocenters. The first kappa shape index (κ1) is 21.0. The van der Waals surface area contributed by atoms with E-state index in [0.717, 1.165) is 38.8 Å². The fourth-order valence-electron chi connectivity index (χ4n) is 5.96. The molecule has 0 aliphatic carbocycles. The molecule has 0 spiro atoms. The average molecular weight is 518 g/mol. The van der Waals surface area contributed by atoms with Gasteiger partial charge in [-0.1, -0.05) is 78.9 Å². The van der Waals surface area contributed by atoms with Crippen molar-refractivity contribution in [3.8, 4) is 17.2 Å². The lowest BCUT2D eigenvalue weighted by molar-refractivity contribution is 0.666. The lowest BCUT2D eigenvalue weighted by atomic mass is 10.1. The molecule has 0 amide bonds. The van der Waals surface area contributed by atoms with Crippen LogP contribution in [0, 0.1) is 0 Å². The van der Waals surface area contributed by atoms with E-state index in [1.807, 2.05) is 47.7 Å². The summed E-state index contributed by atoms with van der Waals surface area (Å²) in [6, 6.07) is 40.0. The van der Waals surface area contributed by atoms with Gasteiger partial charge in [0.05, 0.1) is 11.0 Å². The topological polar surface area (TPSA) is 43.9 Å². The first-order chi connectivity index (χ1) is 19.3. The molecule has 0 radical (unpaired) electrons. The smallest absolute Gasteiger partial charge is 0.236 e. The van der Waals surface area contributed by atoms with Gasteiger partial charge in [-0.05, 0) is 36.4 Å². The number of furan rings is 1. The van der Waals surface area contributed by atoms with Crippen LogP contribution in [-0.4, -0.2) is 14.5 Å². The quantitative estimate of drug-likeness (QED) is 0.229. The van der Waals surface area contributed by atoms with E-state index in [2.05, 4.69) is 83.4 Å². The van der Waals surface area contributed by atoms with Crippen molar-refractivity contribution < 1.29 is 4.42 Å². The highest BCUT2D eigenvalue weighted by molar-refractivity contribution is 7.26. The summed E-state index contributed by atoms with van der Waals surface area (Å²) in [6.45, 7) is 0. The third-order valence-electron chi connectivity index (χ3n) is 7.63. The lowest BCUT2D eigenvalue weighted by Gasteiger charge is -2.09. The molecule has 0 bridgehead atoms. The molecule has 0 N–H and O–H groups in total. The summed E-state index contributed by atoms with van der Waals surface area (Å²) < 4.78 is 11.1. The zero-order chi connectivity index (χ0) is 25.5. The zero-order valence-corrected chi connectivity index (χ0v) is 21.4. The maximum absolute atomic E-state index is 6.35. The minimum atomic E-state index is 0.637. The predicted molar refractivity (Wildman–Crippen MR) is 162 cm³/mol. The van der Waals surface area contributed by atoms with Crippen molar-refractivity contribution in [1.29, 1.82) is 0 Å². The number of rotatable bonds is 2. The monoisotopic (exact) mass is 517 g/mol. The Morgan fingerprint density at radius 2 is 1.31 bits per heavy atom. The Balaban J connectivity index is 1.47. The Morgan fingerprint density at radius 3 is 2.21 bits per heavy atom. The maximum Gasteiger partial charge on any atom is 0.236 e. The molecule has 5 heteroatoms. The van der Waals surface area contributed by atoms with Crippen molar-refractivity contribution in [2.24, 2.45) is 0 Å². The summed E-state index contributed by atoms with van der Waals surface area (Å²) in [5.41, 5.74) is 6.31.